The molecule has 2 aromatic rings. The van der Waals surface area contributed by atoms with Crippen LogP contribution in [0, 0.1) is 5.92 Å². The maximum atomic E-state index is 13.2. The van der Waals surface area contributed by atoms with Crippen molar-refractivity contribution in [2.75, 3.05) is 33.4 Å². The van der Waals surface area contributed by atoms with Crippen LogP contribution in [-0.2, 0) is 16.0 Å². The number of hydrogen-bond acceptors (Lipinski definition) is 6. The van der Waals surface area contributed by atoms with Crippen molar-refractivity contribution in [1.29, 1.82) is 0 Å². The van der Waals surface area contributed by atoms with Crippen molar-refractivity contribution in [3.05, 3.63) is 65.7 Å². The van der Waals surface area contributed by atoms with E-state index in [-0.39, 0.29) is 5.78 Å². The molecular formula is C24H32N2O4. The molecule has 1 saturated heterocycles. The van der Waals surface area contributed by atoms with Crippen LogP contribution >= 0.6 is 0 Å². The second-order valence-corrected chi connectivity index (χ2v) is 7.69. The molecule has 1 unspecified atom stereocenters. The number of benzene rings is 2. The Bertz CT molecular complexity index is 776. The number of carbonyl (C=O) groups is 1. The third-order valence-electron chi connectivity index (χ3n) is 5.74. The molecule has 3 rings (SSSR count). The Labute approximate surface area is 178 Å². The van der Waals surface area contributed by atoms with Crippen LogP contribution in [0.1, 0.15) is 30.1 Å². The van der Waals surface area contributed by atoms with Crippen LogP contribution in [0.3, 0.4) is 0 Å². The molecule has 0 spiro atoms. The molecule has 1 heterocycles. The first-order valence-corrected chi connectivity index (χ1v) is 10.6. The Balaban J connectivity index is 1.67. The molecule has 1 fully saturated rings. The van der Waals surface area contributed by atoms with Crippen LogP contribution < -0.4 is 10.5 Å². The summed E-state index contributed by atoms with van der Waals surface area (Å²) in [6.45, 7) is 2.51. The van der Waals surface area contributed by atoms with Crippen molar-refractivity contribution in [1.82, 2.24) is 4.90 Å². The molecule has 0 aromatic heterocycles. The third-order valence-corrected chi connectivity index (χ3v) is 5.74. The largest absolute Gasteiger partial charge is 0.497 e. The number of nitrogens with zero attached hydrogens (tertiary/aromatic N) is 1. The van der Waals surface area contributed by atoms with E-state index in [1.165, 1.54) is 0 Å². The van der Waals surface area contributed by atoms with Crippen molar-refractivity contribution in [3.63, 3.8) is 0 Å². The van der Waals surface area contributed by atoms with E-state index in [2.05, 4.69) is 0 Å². The average Bonchev–Trinajstić information content (AvgIpc) is 2.80. The van der Waals surface area contributed by atoms with Crippen molar-refractivity contribution in [3.8, 4) is 5.75 Å². The molecule has 6 nitrogen and oxygen atoms in total. The molecule has 30 heavy (non-hydrogen) atoms. The van der Waals surface area contributed by atoms with Gasteiger partial charge in [0.1, 0.15) is 11.5 Å². The summed E-state index contributed by atoms with van der Waals surface area (Å²) in [6.07, 6.45) is 0.393. The van der Waals surface area contributed by atoms with Crippen molar-refractivity contribution < 1.29 is 19.4 Å². The van der Waals surface area contributed by atoms with E-state index < -0.39 is 18.2 Å². The lowest BCUT2D eigenvalue weighted by atomic mass is 9.86. The Morgan fingerprint density at radius 3 is 2.43 bits per heavy atom. The molecule has 6 heteroatoms. The predicted molar refractivity (Wildman–Crippen MR) is 116 cm³/mol. The topological polar surface area (TPSA) is 85.0 Å². The minimum atomic E-state index is -0.933. The molecule has 0 amide bonds. The highest BCUT2D eigenvalue weighted by atomic mass is 16.5. The Morgan fingerprint density at radius 1 is 1.13 bits per heavy atom. The number of nitrogens with two attached hydrogens (primary N) is 1. The van der Waals surface area contributed by atoms with Crippen molar-refractivity contribution in [2.45, 2.75) is 31.5 Å². The Morgan fingerprint density at radius 2 is 1.80 bits per heavy atom. The summed E-state index contributed by atoms with van der Waals surface area (Å²) in [5.74, 6) is 0.137. The van der Waals surface area contributed by atoms with Crippen LogP contribution in [0.5, 0.6) is 5.75 Å². The van der Waals surface area contributed by atoms with Gasteiger partial charge in [0.05, 0.1) is 38.5 Å². The van der Waals surface area contributed by atoms with E-state index in [0.717, 1.165) is 23.3 Å². The van der Waals surface area contributed by atoms with Gasteiger partial charge in [-0.25, -0.2) is 0 Å². The summed E-state index contributed by atoms with van der Waals surface area (Å²) in [5, 5.41) is 11.1. The van der Waals surface area contributed by atoms with Crippen LogP contribution in [0.4, 0.5) is 0 Å². The first-order valence-electron chi connectivity index (χ1n) is 10.6. The minimum absolute atomic E-state index is 0.00106. The number of ether oxygens (including phenoxy) is 2. The smallest absolute Gasteiger partial charge is 0.141 e. The fraction of sp³-hybridized carbons (Fsp3) is 0.458. The van der Waals surface area contributed by atoms with Crippen LogP contribution in [0.2, 0.25) is 0 Å². The molecule has 3 atom stereocenters. The van der Waals surface area contributed by atoms with E-state index >= 15 is 0 Å². The van der Waals surface area contributed by atoms with Gasteiger partial charge < -0.3 is 20.3 Å². The molecule has 0 saturated carbocycles. The van der Waals surface area contributed by atoms with Crippen LogP contribution in [0.25, 0.3) is 0 Å². The molecule has 162 valence electrons. The lowest BCUT2D eigenvalue weighted by Gasteiger charge is -2.38. The van der Waals surface area contributed by atoms with E-state index in [0.29, 0.717) is 39.1 Å². The maximum absolute atomic E-state index is 13.2. The molecule has 1 aliphatic heterocycles. The summed E-state index contributed by atoms with van der Waals surface area (Å²) in [7, 11) is 1.64. The second-order valence-electron chi connectivity index (χ2n) is 7.69. The van der Waals surface area contributed by atoms with Crippen molar-refractivity contribution in [2.24, 2.45) is 11.7 Å². The second kappa shape index (κ2) is 11.2. The van der Waals surface area contributed by atoms with Gasteiger partial charge >= 0.3 is 0 Å². The van der Waals surface area contributed by atoms with Crippen molar-refractivity contribution >= 4 is 5.78 Å². The number of rotatable bonds is 10. The Kier molecular flexibility index (Phi) is 8.39. The maximum Gasteiger partial charge on any atom is 0.141 e. The zero-order valence-electron chi connectivity index (χ0n) is 17.6. The number of hydrogen-bond donors (Lipinski definition) is 2. The molecule has 2 aromatic carbocycles. The molecule has 0 aliphatic carbocycles. The summed E-state index contributed by atoms with van der Waals surface area (Å²) in [6, 6.07) is 17.2. The van der Waals surface area contributed by atoms with Gasteiger partial charge in [-0.15, -0.1) is 0 Å². The number of morpholine rings is 1. The van der Waals surface area contributed by atoms with Gasteiger partial charge in [0.25, 0.3) is 0 Å². The lowest BCUT2D eigenvalue weighted by Crippen LogP contribution is -2.55. The van der Waals surface area contributed by atoms with Crippen LogP contribution in [-0.4, -0.2) is 55.4 Å². The molecule has 0 radical (unpaired) electrons. The van der Waals surface area contributed by atoms with Gasteiger partial charge in [0, 0.05) is 19.5 Å². The number of aliphatic hydroxyl groups excluding tert-OH is 1. The number of Topliss-reactive ketones (excluding diaryl/α,β-unsaturated/α-hetero) is 1. The van der Waals surface area contributed by atoms with Gasteiger partial charge in [-0.05, 0) is 36.1 Å². The highest BCUT2D eigenvalue weighted by Gasteiger charge is 2.36. The van der Waals surface area contributed by atoms with Gasteiger partial charge in [0.15, 0.2) is 0 Å². The Hall–Kier alpha value is -2.25. The number of aryl methyl sites for hydroxylation is 1. The zero-order chi connectivity index (χ0) is 21.3. The standard InChI is InChI=1S/C24H32N2O4/c1-29-20-12-10-18(11-13-20)6-5-9-21(27)22(23(28)19-7-3-2-4-8-19)24(25)26-14-16-30-17-15-26/h2-4,7-8,10-13,22-24,28H,5-6,9,14-17,25H2,1H3/t22-,23-,24?/m1/s1. The summed E-state index contributed by atoms with van der Waals surface area (Å²) >= 11 is 0. The zero-order valence-corrected chi connectivity index (χ0v) is 17.6. The fourth-order valence-corrected chi connectivity index (χ4v) is 3.94. The van der Waals surface area contributed by atoms with E-state index in [4.69, 9.17) is 15.2 Å². The first kappa shape index (κ1) is 22.4. The molecule has 1 aliphatic rings. The normalized spacial score (nSPS) is 17.8. The van der Waals surface area contributed by atoms with Gasteiger partial charge in [-0.1, -0.05) is 42.5 Å². The number of methoxy groups -OCH3 is 1. The molecular weight excluding hydrogens is 380 g/mol. The van der Waals surface area contributed by atoms with Gasteiger partial charge in [-0.3, -0.25) is 9.69 Å². The first-order chi connectivity index (χ1) is 14.6. The quantitative estimate of drug-likeness (QED) is 0.624. The monoisotopic (exact) mass is 412 g/mol. The third kappa shape index (κ3) is 5.89. The average molecular weight is 413 g/mol. The van der Waals surface area contributed by atoms with E-state index in [1.54, 1.807) is 7.11 Å². The number of carbonyl (C=O) groups excluding carboxylic acids is 1. The van der Waals surface area contributed by atoms with E-state index in [9.17, 15) is 9.90 Å². The molecule has 3 N–H and O–H groups in total. The summed E-state index contributed by atoms with van der Waals surface area (Å²) in [4.78, 5) is 15.3. The van der Waals surface area contributed by atoms with Gasteiger partial charge in [-0.2, -0.15) is 0 Å². The minimum Gasteiger partial charge on any atom is -0.497 e. The SMILES string of the molecule is COc1ccc(CCCC(=O)[C@@H](C(N)N2CCOCC2)[C@H](O)c2ccccc2)cc1. The highest BCUT2D eigenvalue weighted by molar-refractivity contribution is 5.82. The highest BCUT2D eigenvalue weighted by Crippen LogP contribution is 2.28. The summed E-state index contributed by atoms with van der Waals surface area (Å²) in [5.41, 5.74) is 8.39. The van der Waals surface area contributed by atoms with Gasteiger partial charge in [0.2, 0.25) is 0 Å². The predicted octanol–water partition coefficient (Wildman–Crippen LogP) is 2.55. The number of ketones is 1. The lowest BCUT2D eigenvalue weighted by molar-refractivity contribution is -0.131. The van der Waals surface area contributed by atoms with E-state index in [1.807, 2.05) is 59.5 Å². The van der Waals surface area contributed by atoms with Crippen LogP contribution in [0.15, 0.2) is 54.6 Å². The number of aliphatic hydroxyl groups is 1. The summed E-state index contributed by atoms with van der Waals surface area (Å²) < 4.78 is 10.6. The fourth-order valence-electron chi connectivity index (χ4n) is 3.94. The molecule has 0 bridgehead atoms.